The predicted octanol–water partition coefficient (Wildman–Crippen LogP) is 2.02. The van der Waals surface area contributed by atoms with Crippen LogP contribution in [-0.2, 0) is 19.8 Å². The van der Waals surface area contributed by atoms with E-state index < -0.39 is 29.7 Å². The molecule has 1 rings (SSSR count). The number of allylic oxidation sites excluding steroid dienone is 1. The maximum Gasteiger partial charge on any atom is 0.290 e. The van der Waals surface area contributed by atoms with Crippen LogP contribution in [-0.4, -0.2) is 28.8 Å². The summed E-state index contributed by atoms with van der Waals surface area (Å²) in [5, 5.41) is 28.2. The molecule has 0 heterocycles. The average molecular weight is 358 g/mol. The van der Waals surface area contributed by atoms with Gasteiger partial charge < -0.3 is 10.4 Å². The Morgan fingerprint density at radius 1 is 1.43 bits per heavy atom. The number of nitriles is 1. The summed E-state index contributed by atoms with van der Waals surface area (Å²) >= 11 is 0. The molecule has 1 N–H and O–H groups in total. The van der Waals surface area contributed by atoms with E-state index in [0.717, 1.165) is 30.5 Å². The lowest BCUT2D eigenvalue weighted by atomic mass is 10.1. The molecule has 8 nitrogen and oxygen atoms in total. The molecule has 1 aromatic rings. The van der Waals surface area contributed by atoms with Gasteiger partial charge in [0.2, 0.25) is 0 Å². The number of hydrogen-bond donors (Lipinski definition) is 1. The summed E-state index contributed by atoms with van der Waals surface area (Å²) in [7, 11) is -7.74. The van der Waals surface area contributed by atoms with Crippen molar-refractivity contribution in [2.24, 2.45) is 3.77 Å². The topological polar surface area (TPSA) is 134 Å². The second-order valence-corrected chi connectivity index (χ2v) is 9.48. The van der Waals surface area contributed by atoms with Crippen LogP contribution >= 0.6 is 0 Å². The first-order valence-corrected chi connectivity index (χ1v) is 9.62. The maximum absolute atomic E-state index is 12.7. The Hall–Kier alpha value is -1.93. The number of hydrogen-bond acceptors (Lipinski definition) is 7. The molecule has 0 amide bonds. The molecule has 0 aliphatic heterocycles. The highest BCUT2D eigenvalue weighted by molar-refractivity contribution is 8.03. The Kier molecular flexibility index (Phi) is 5.55. The second-order valence-electron chi connectivity index (χ2n) is 4.95. The molecular weight excluding hydrogens is 342 g/mol. The quantitative estimate of drug-likeness (QED) is 0.607. The van der Waals surface area contributed by atoms with Gasteiger partial charge in [-0.05, 0) is 37.6 Å². The summed E-state index contributed by atoms with van der Waals surface area (Å²) in [4.78, 5) is -0.309. The van der Waals surface area contributed by atoms with Crippen LogP contribution in [0.15, 0.2) is 45.6 Å². The molecule has 0 aliphatic rings. The molecule has 126 valence electrons. The Morgan fingerprint density at radius 3 is 2.35 bits per heavy atom. The van der Waals surface area contributed by atoms with E-state index in [2.05, 4.69) is 10.3 Å². The van der Waals surface area contributed by atoms with Crippen molar-refractivity contribution >= 4 is 25.4 Å². The molecule has 0 aliphatic carbocycles. The molecule has 23 heavy (non-hydrogen) atoms. The number of benzene rings is 1. The lowest BCUT2D eigenvalue weighted by Gasteiger charge is -2.22. The molecule has 0 fully saturated rings. The standard InChI is InChI=1S/C13H16N3O5S2/c1-4-9-13(2,10-14)22(3,19)15-23(20,21)12-7-5-11(6-8-12)16(17)18/h4-8,17H,1,9H2,2-3H3/q-1. The molecule has 0 spiro atoms. The highest BCUT2D eigenvalue weighted by Crippen LogP contribution is 2.26. The predicted molar refractivity (Wildman–Crippen MR) is 86.6 cm³/mol. The Bertz CT molecular complexity index is 847. The van der Waals surface area contributed by atoms with E-state index in [0.29, 0.717) is 0 Å². The van der Waals surface area contributed by atoms with Crippen molar-refractivity contribution in [1.29, 1.82) is 5.26 Å². The first-order valence-electron chi connectivity index (χ1n) is 6.25. The molecule has 0 bridgehead atoms. The van der Waals surface area contributed by atoms with Crippen molar-refractivity contribution in [3.63, 3.8) is 0 Å². The third kappa shape index (κ3) is 4.08. The zero-order valence-corrected chi connectivity index (χ0v) is 14.2. The molecule has 10 heteroatoms. The zero-order chi connectivity index (χ0) is 17.9. The van der Waals surface area contributed by atoms with Gasteiger partial charge in [-0.3, -0.25) is 5.21 Å². The maximum atomic E-state index is 12.7. The van der Waals surface area contributed by atoms with E-state index in [1.165, 1.54) is 13.0 Å². The van der Waals surface area contributed by atoms with Crippen LogP contribution in [0.3, 0.4) is 0 Å². The van der Waals surface area contributed by atoms with Crippen LogP contribution in [0.1, 0.15) is 13.3 Å². The van der Waals surface area contributed by atoms with Crippen LogP contribution in [0.2, 0.25) is 0 Å². The fourth-order valence-electron chi connectivity index (χ4n) is 1.62. The van der Waals surface area contributed by atoms with E-state index in [4.69, 9.17) is 5.21 Å². The van der Waals surface area contributed by atoms with Crippen molar-refractivity contribution in [3.05, 3.63) is 42.1 Å². The normalized spacial score (nSPS) is 16.5. The van der Waals surface area contributed by atoms with Crippen LogP contribution in [0.4, 0.5) is 5.69 Å². The molecule has 0 saturated carbocycles. The first-order chi connectivity index (χ1) is 10.5. The van der Waals surface area contributed by atoms with Gasteiger partial charge in [-0.1, -0.05) is 6.08 Å². The third-order valence-electron chi connectivity index (χ3n) is 3.20. The largest absolute Gasteiger partial charge is 0.733 e. The van der Waals surface area contributed by atoms with Crippen molar-refractivity contribution in [3.8, 4) is 6.07 Å². The fourth-order valence-corrected chi connectivity index (χ4v) is 5.20. The van der Waals surface area contributed by atoms with Crippen LogP contribution in [0, 0.1) is 16.5 Å². The number of anilines is 1. The highest BCUT2D eigenvalue weighted by atomic mass is 32.3. The molecule has 0 radical (unpaired) electrons. The fraction of sp³-hybridized carbons (Fsp3) is 0.308. The van der Waals surface area contributed by atoms with Crippen LogP contribution < -0.4 is 5.23 Å². The summed E-state index contributed by atoms with van der Waals surface area (Å²) in [5.41, 5.74) is -0.172. The van der Waals surface area contributed by atoms with Gasteiger partial charge in [0.25, 0.3) is 10.0 Å². The zero-order valence-electron chi connectivity index (χ0n) is 12.5. The van der Waals surface area contributed by atoms with Gasteiger partial charge in [0.05, 0.1) is 26.4 Å². The SMILES string of the molecule is C=CCC(C)(C#N)S(C)(=O)=NS(=O)(=O)c1ccc(N([O-])O)cc1. The average Bonchev–Trinajstić information content (AvgIpc) is 2.46. The van der Waals surface area contributed by atoms with Crippen molar-refractivity contribution in [2.45, 2.75) is 23.0 Å². The molecular formula is C13H16N3O5S2-. The van der Waals surface area contributed by atoms with E-state index in [1.54, 1.807) is 0 Å². The summed E-state index contributed by atoms with van der Waals surface area (Å²) < 4.78 is 39.1. The van der Waals surface area contributed by atoms with Gasteiger partial charge in [0.1, 0.15) is 4.75 Å². The number of rotatable bonds is 6. The molecule has 0 aromatic heterocycles. The van der Waals surface area contributed by atoms with Gasteiger partial charge in [0, 0.05) is 6.26 Å². The minimum atomic E-state index is -4.31. The van der Waals surface area contributed by atoms with Crippen LogP contribution in [0.25, 0.3) is 0 Å². The van der Waals surface area contributed by atoms with E-state index in [-0.39, 0.29) is 17.0 Å². The van der Waals surface area contributed by atoms with Gasteiger partial charge in [-0.2, -0.15) is 13.7 Å². The second kappa shape index (κ2) is 6.67. The van der Waals surface area contributed by atoms with Crippen molar-refractivity contribution in [2.75, 3.05) is 11.5 Å². The van der Waals surface area contributed by atoms with Gasteiger partial charge >= 0.3 is 0 Å². The smallest absolute Gasteiger partial charge is 0.290 e. The monoisotopic (exact) mass is 358 g/mol. The van der Waals surface area contributed by atoms with Crippen molar-refractivity contribution < 1.29 is 17.8 Å². The van der Waals surface area contributed by atoms with Gasteiger partial charge in [-0.25, -0.2) is 4.21 Å². The van der Waals surface area contributed by atoms with E-state index in [9.17, 15) is 23.1 Å². The molecule has 0 saturated heterocycles. The van der Waals surface area contributed by atoms with Gasteiger partial charge in [-0.15, -0.1) is 10.3 Å². The van der Waals surface area contributed by atoms with Gasteiger partial charge in [0.15, 0.2) is 0 Å². The first kappa shape index (κ1) is 19.1. The van der Waals surface area contributed by atoms with Crippen LogP contribution in [0.5, 0.6) is 0 Å². The highest BCUT2D eigenvalue weighted by Gasteiger charge is 2.35. The molecule has 1 aromatic carbocycles. The summed E-state index contributed by atoms with van der Waals surface area (Å²) in [6.45, 7) is 4.81. The number of nitrogens with zero attached hydrogens (tertiary/aromatic N) is 3. The molecule has 2 unspecified atom stereocenters. The van der Waals surface area contributed by atoms with Crippen molar-refractivity contribution in [1.82, 2.24) is 0 Å². The number of sulfonamides is 1. The minimum absolute atomic E-state index is 0.00639. The summed E-state index contributed by atoms with van der Waals surface area (Å²) in [6.07, 6.45) is 2.47. The van der Waals surface area contributed by atoms with E-state index >= 15 is 0 Å². The third-order valence-corrected chi connectivity index (χ3v) is 7.92. The Morgan fingerprint density at radius 2 is 1.96 bits per heavy atom. The Balaban J connectivity index is 3.41. The van der Waals surface area contributed by atoms with E-state index in [1.807, 2.05) is 6.07 Å². The molecule has 2 atom stereocenters. The summed E-state index contributed by atoms with van der Waals surface area (Å²) in [5.74, 6) is 0. The summed E-state index contributed by atoms with van der Waals surface area (Å²) in [6, 6.07) is 6.06. The lowest BCUT2D eigenvalue weighted by molar-refractivity contribution is 0.296. The lowest BCUT2D eigenvalue weighted by Crippen LogP contribution is -2.32. The minimum Gasteiger partial charge on any atom is -0.733 e. The Labute approximate surface area is 135 Å².